The minimum absolute atomic E-state index is 0.0261. The summed E-state index contributed by atoms with van der Waals surface area (Å²) in [6.45, 7) is 10.8. The van der Waals surface area contributed by atoms with E-state index < -0.39 is 10.5 Å². The molecule has 0 saturated heterocycles. The van der Waals surface area contributed by atoms with E-state index in [1.54, 1.807) is 7.11 Å². The number of rotatable bonds is 9. The van der Waals surface area contributed by atoms with Gasteiger partial charge in [0.2, 0.25) is 0 Å². The molecule has 1 aromatic carbocycles. The summed E-state index contributed by atoms with van der Waals surface area (Å²) in [5.74, 6) is 0.271. The van der Waals surface area contributed by atoms with Crippen molar-refractivity contribution in [3.05, 3.63) is 34.9 Å². The van der Waals surface area contributed by atoms with Gasteiger partial charge in [0.25, 0.3) is 0 Å². The van der Waals surface area contributed by atoms with Crippen LogP contribution in [0.1, 0.15) is 59.4 Å². The average molecular weight is 432 g/mol. The standard InChI is InChI=1S/C22H38ClNO3S/c1-16(2)19(27-15-26-6)20(24-28(7,25)21(3,4)5)22(13-8-14-22)17-9-11-18(23)12-10-17/h9-12,16,19-20,24-25H,8,13-15H2,1-7H3/t19-,20+/m1/s1. The van der Waals surface area contributed by atoms with Gasteiger partial charge in [0, 0.05) is 28.6 Å². The van der Waals surface area contributed by atoms with Crippen molar-refractivity contribution in [2.24, 2.45) is 5.92 Å². The van der Waals surface area contributed by atoms with Crippen LogP contribution in [0.2, 0.25) is 5.02 Å². The highest BCUT2D eigenvalue weighted by molar-refractivity contribution is 8.28. The first kappa shape index (κ1) is 24.0. The molecule has 0 heterocycles. The number of halogens is 1. The van der Waals surface area contributed by atoms with E-state index in [4.69, 9.17) is 21.1 Å². The van der Waals surface area contributed by atoms with Crippen molar-refractivity contribution in [1.29, 1.82) is 0 Å². The van der Waals surface area contributed by atoms with Crippen LogP contribution in [0.5, 0.6) is 0 Å². The first-order chi connectivity index (χ1) is 12.9. The van der Waals surface area contributed by atoms with Gasteiger partial charge in [0.1, 0.15) is 6.79 Å². The lowest BCUT2D eigenvalue weighted by Crippen LogP contribution is -2.61. The molecule has 2 rings (SSSR count). The maximum atomic E-state index is 11.4. The second-order valence-corrected chi connectivity index (χ2v) is 13.0. The second kappa shape index (κ2) is 9.23. The summed E-state index contributed by atoms with van der Waals surface area (Å²) in [5, 5.41) is 0.742. The zero-order valence-corrected chi connectivity index (χ0v) is 20.0. The number of hydrogen-bond donors (Lipinski definition) is 2. The molecule has 2 N–H and O–H groups in total. The van der Waals surface area contributed by atoms with Crippen LogP contribution in [0, 0.1) is 5.92 Å². The van der Waals surface area contributed by atoms with E-state index in [0.717, 1.165) is 17.9 Å². The molecule has 1 aliphatic rings. The van der Waals surface area contributed by atoms with Crippen LogP contribution in [0.4, 0.5) is 0 Å². The highest BCUT2D eigenvalue weighted by atomic mass is 35.5. The third-order valence-electron chi connectivity index (χ3n) is 6.17. The maximum Gasteiger partial charge on any atom is 0.146 e. The summed E-state index contributed by atoms with van der Waals surface area (Å²) < 4.78 is 26.3. The first-order valence-corrected chi connectivity index (χ1v) is 12.5. The van der Waals surface area contributed by atoms with E-state index in [2.05, 4.69) is 51.5 Å². The smallest absolute Gasteiger partial charge is 0.146 e. The molecule has 0 radical (unpaired) electrons. The van der Waals surface area contributed by atoms with Crippen molar-refractivity contribution in [3.8, 4) is 0 Å². The molecule has 4 nitrogen and oxygen atoms in total. The van der Waals surface area contributed by atoms with Gasteiger partial charge in [0.15, 0.2) is 0 Å². The van der Waals surface area contributed by atoms with Gasteiger partial charge in [-0.1, -0.05) is 54.5 Å². The van der Waals surface area contributed by atoms with E-state index in [1.165, 1.54) is 12.0 Å². The molecule has 0 amide bonds. The fourth-order valence-corrected chi connectivity index (χ4v) is 5.19. The highest BCUT2D eigenvalue weighted by Gasteiger charge is 2.52. The van der Waals surface area contributed by atoms with Crippen LogP contribution in [0.15, 0.2) is 24.3 Å². The van der Waals surface area contributed by atoms with Gasteiger partial charge in [-0.2, -0.15) is 0 Å². The number of nitrogens with one attached hydrogen (secondary N) is 1. The summed E-state index contributed by atoms with van der Waals surface area (Å²) >= 11 is 6.16. The van der Waals surface area contributed by atoms with E-state index >= 15 is 0 Å². The van der Waals surface area contributed by atoms with Gasteiger partial charge in [-0.25, -0.2) is 0 Å². The normalized spacial score (nSPS) is 22.2. The molecule has 1 aliphatic carbocycles. The zero-order chi connectivity index (χ0) is 21.2. The predicted octanol–water partition coefficient (Wildman–Crippen LogP) is 5.99. The van der Waals surface area contributed by atoms with Gasteiger partial charge < -0.3 is 14.0 Å². The van der Waals surface area contributed by atoms with Crippen LogP contribution in [-0.2, 0) is 14.9 Å². The molecular formula is C22H38ClNO3S. The molecule has 1 saturated carbocycles. The van der Waals surface area contributed by atoms with Crippen molar-refractivity contribution in [2.45, 2.75) is 76.2 Å². The molecule has 28 heavy (non-hydrogen) atoms. The quantitative estimate of drug-likeness (QED) is 0.471. The Kier molecular flexibility index (Phi) is 7.91. The van der Waals surface area contributed by atoms with Crippen molar-refractivity contribution in [1.82, 2.24) is 4.72 Å². The lowest BCUT2D eigenvalue weighted by atomic mass is 9.58. The fraction of sp³-hybridized carbons (Fsp3) is 0.727. The van der Waals surface area contributed by atoms with Crippen molar-refractivity contribution < 1.29 is 14.0 Å². The van der Waals surface area contributed by atoms with Crippen LogP contribution < -0.4 is 4.72 Å². The number of benzene rings is 1. The Labute approximate surface area is 178 Å². The average Bonchev–Trinajstić information content (AvgIpc) is 2.54. The molecule has 1 aromatic rings. The van der Waals surface area contributed by atoms with Crippen LogP contribution in [0.25, 0.3) is 0 Å². The first-order valence-electron chi connectivity index (χ1n) is 10.1. The van der Waals surface area contributed by atoms with Crippen LogP contribution >= 0.6 is 22.1 Å². The molecule has 0 bridgehead atoms. The minimum atomic E-state index is -2.07. The fourth-order valence-electron chi connectivity index (χ4n) is 3.86. The topological polar surface area (TPSA) is 50.7 Å². The Hall–Kier alpha value is -0.300. The van der Waals surface area contributed by atoms with Gasteiger partial charge >= 0.3 is 0 Å². The summed E-state index contributed by atoms with van der Waals surface area (Å²) in [6, 6.07) is 8.16. The predicted molar refractivity (Wildman–Crippen MR) is 121 cm³/mol. The van der Waals surface area contributed by atoms with Crippen molar-refractivity contribution in [2.75, 3.05) is 20.2 Å². The summed E-state index contributed by atoms with van der Waals surface area (Å²) in [7, 11) is -0.425. The van der Waals surface area contributed by atoms with Gasteiger partial charge in [-0.05, 0) is 57.2 Å². The lowest BCUT2D eigenvalue weighted by Gasteiger charge is -2.56. The molecule has 162 valence electrons. The van der Waals surface area contributed by atoms with E-state index in [9.17, 15) is 4.55 Å². The van der Waals surface area contributed by atoms with E-state index in [-0.39, 0.29) is 35.0 Å². The Bertz CT molecular complexity index is 624. The number of ether oxygens (including phenoxy) is 2. The van der Waals surface area contributed by atoms with Crippen LogP contribution in [-0.4, -0.2) is 41.6 Å². The Morgan fingerprint density at radius 3 is 2.18 bits per heavy atom. The summed E-state index contributed by atoms with van der Waals surface area (Å²) in [6.07, 6.45) is 5.15. The second-order valence-electron chi connectivity index (χ2n) is 9.38. The molecule has 0 spiro atoms. The van der Waals surface area contributed by atoms with Gasteiger partial charge in [-0.3, -0.25) is 4.72 Å². The monoisotopic (exact) mass is 431 g/mol. The highest BCUT2D eigenvalue weighted by Crippen LogP contribution is 2.55. The SMILES string of the molecule is COCO[C@H](C(C)C)[C@H](NS(C)(O)C(C)(C)C)C1(c2ccc(Cl)cc2)CCC1. The summed E-state index contributed by atoms with van der Waals surface area (Å²) in [5.41, 5.74) is 1.17. The largest absolute Gasteiger partial charge is 0.359 e. The molecule has 0 aliphatic heterocycles. The zero-order valence-electron chi connectivity index (χ0n) is 18.4. The lowest BCUT2D eigenvalue weighted by molar-refractivity contribution is -0.111. The van der Waals surface area contributed by atoms with Gasteiger partial charge in [0.05, 0.1) is 12.1 Å². The number of methoxy groups -OCH3 is 1. The van der Waals surface area contributed by atoms with Gasteiger partial charge in [-0.15, -0.1) is 0 Å². The van der Waals surface area contributed by atoms with E-state index in [0.29, 0.717) is 0 Å². The van der Waals surface area contributed by atoms with E-state index in [1.807, 2.05) is 18.4 Å². The van der Waals surface area contributed by atoms with Crippen LogP contribution in [0.3, 0.4) is 0 Å². The molecule has 3 atom stereocenters. The Balaban J connectivity index is 2.50. The molecule has 1 unspecified atom stereocenters. The van der Waals surface area contributed by atoms with Crippen molar-refractivity contribution >= 4 is 22.1 Å². The molecule has 1 fully saturated rings. The molecular weight excluding hydrogens is 394 g/mol. The minimum Gasteiger partial charge on any atom is -0.359 e. The molecule has 0 aromatic heterocycles. The Morgan fingerprint density at radius 1 is 1.21 bits per heavy atom. The number of hydrogen-bond acceptors (Lipinski definition) is 4. The molecule has 6 heteroatoms. The third-order valence-corrected chi connectivity index (χ3v) is 9.52. The third kappa shape index (κ3) is 5.05. The Morgan fingerprint density at radius 2 is 1.79 bits per heavy atom. The summed E-state index contributed by atoms with van der Waals surface area (Å²) in [4.78, 5) is 0. The van der Waals surface area contributed by atoms with Crippen molar-refractivity contribution in [3.63, 3.8) is 0 Å². The maximum absolute atomic E-state index is 11.4.